The minimum atomic E-state index is -0.526. The molecular weight excluding hydrogens is 342 g/mol. The standard InChI is InChI=1S/C21H19N3O3/c22-13-14-1-5-18(6-2-14)24(27)19(25)16-3-4-17-12-21(8-7-15(17)11-16)9-10-23-20(21)26/h1-6,11,27H,7-10,12H2,(H,23,26)/t21-/m1/s1. The van der Waals surface area contributed by atoms with E-state index >= 15 is 0 Å². The Morgan fingerprint density at radius 2 is 1.93 bits per heavy atom. The Kier molecular flexibility index (Phi) is 4.17. The van der Waals surface area contributed by atoms with Gasteiger partial charge in [-0.1, -0.05) is 6.07 Å². The number of nitrogens with one attached hydrogen (secondary N) is 1. The maximum absolute atomic E-state index is 12.6. The summed E-state index contributed by atoms with van der Waals surface area (Å²) in [5.41, 5.74) is 3.01. The van der Waals surface area contributed by atoms with Crippen molar-refractivity contribution < 1.29 is 14.8 Å². The number of carbonyl (C=O) groups is 2. The zero-order chi connectivity index (χ0) is 19.0. The van der Waals surface area contributed by atoms with Crippen LogP contribution in [-0.4, -0.2) is 23.6 Å². The van der Waals surface area contributed by atoms with Crippen LogP contribution in [0.1, 0.15) is 39.9 Å². The fraction of sp³-hybridized carbons (Fsp3) is 0.286. The smallest absolute Gasteiger partial charge is 0.281 e. The van der Waals surface area contributed by atoms with Crippen LogP contribution in [-0.2, 0) is 17.6 Å². The molecule has 1 aliphatic carbocycles. The van der Waals surface area contributed by atoms with E-state index < -0.39 is 5.91 Å². The molecule has 2 N–H and O–H groups in total. The number of hydrogen-bond donors (Lipinski definition) is 2. The van der Waals surface area contributed by atoms with Crippen LogP contribution in [0.2, 0.25) is 0 Å². The number of fused-ring (bicyclic) bond motifs is 1. The number of nitrogens with zero attached hydrogens (tertiary/aromatic N) is 2. The summed E-state index contributed by atoms with van der Waals surface area (Å²) >= 11 is 0. The van der Waals surface area contributed by atoms with Gasteiger partial charge in [-0.25, -0.2) is 0 Å². The van der Waals surface area contributed by atoms with Crippen LogP contribution in [0.5, 0.6) is 0 Å². The average molecular weight is 361 g/mol. The number of carbonyl (C=O) groups excluding carboxylic acids is 2. The van der Waals surface area contributed by atoms with E-state index in [1.165, 1.54) is 12.1 Å². The first kappa shape index (κ1) is 17.3. The van der Waals surface area contributed by atoms with Crippen molar-refractivity contribution in [3.8, 4) is 6.07 Å². The van der Waals surface area contributed by atoms with E-state index in [4.69, 9.17) is 5.26 Å². The quantitative estimate of drug-likeness (QED) is 0.635. The van der Waals surface area contributed by atoms with Crippen molar-refractivity contribution in [2.75, 3.05) is 11.6 Å². The molecule has 0 saturated carbocycles. The molecule has 2 aliphatic rings. The van der Waals surface area contributed by atoms with Crippen molar-refractivity contribution in [1.82, 2.24) is 5.32 Å². The predicted molar refractivity (Wildman–Crippen MR) is 98.3 cm³/mol. The number of anilines is 1. The fourth-order valence-corrected chi connectivity index (χ4v) is 4.03. The first-order chi connectivity index (χ1) is 13.0. The van der Waals surface area contributed by atoms with E-state index in [9.17, 15) is 14.8 Å². The number of hydrogen-bond acceptors (Lipinski definition) is 4. The Hall–Kier alpha value is -3.17. The topological polar surface area (TPSA) is 93.4 Å². The summed E-state index contributed by atoms with van der Waals surface area (Å²) in [6, 6.07) is 13.5. The highest BCUT2D eigenvalue weighted by Crippen LogP contribution is 2.41. The Bertz CT molecular complexity index is 962. The molecule has 27 heavy (non-hydrogen) atoms. The van der Waals surface area contributed by atoms with Crippen LogP contribution in [0.4, 0.5) is 5.69 Å². The molecule has 0 unspecified atom stereocenters. The third-order valence-electron chi connectivity index (χ3n) is 5.66. The maximum Gasteiger partial charge on any atom is 0.281 e. The third kappa shape index (κ3) is 2.96. The third-order valence-corrected chi connectivity index (χ3v) is 5.66. The molecule has 4 rings (SSSR count). The Labute approximate surface area is 157 Å². The Morgan fingerprint density at radius 3 is 2.59 bits per heavy atom. The molecular formula is C21H19N3O3. The summed E-state index contributed by atoms with van der Waals surface area (Å²) in [4.78, 5) is 24.8. The monoisotopic (exact) mass is 361 g/mol. The van der Waals surface area contributed by atoms with Crippen molar-refractivity contribution in [3.63, 3.8) is 0 Å². The van der Waals surface area contributed by atoms with Crippen LogP contribution in [0.3, 0.4) is 0 Å². The largest absolute Gasteiger partial charge is 0.356 e. The number of amides is 2. The van der Waals surface area contributed by atoms with Crippen LogP contribution in [0, 0.1) is 16.7 Å². The minimum Gasteiger partial charge on any atom is -0.356 e. The van der Waals surface area contributed by atoms with Crippen LogP contribution in [0.15, 0.2) is 42.5 Å². The highest BCUT2D eigenvalue weighted by atomic mass is 16.5. The minimum absolute atomic E-state index is 0.135. The van der Waals surface area contributed by atoms with E-state index in [1.807, 2.05) is 18.2 Å². The molecule has 2 amide bonds. The number of aryl methyl sites for hydroxylation is 1. The fourth-order valence-electron chi connectivity index (χ4n) is 4.03. The number of hydroxylamine groups is 1. The van der Waals surface area contributed by atoms with Crippen molar-refractivity contribution in [2.45, 2.75) is 25.7 Å². The lowest BCUT2D eigenvalue weighted by Crippen LogP contribution is -2.36. The van der Waals surface area contributed by atoms with E-state index in [1.54, 1.807) is 18.2 Å². The van der Waals surface area contributed by atoms with Gasteiger partial charge in [0.2, 0.25) is 5.91 Å². The second-order valence-corrected chi connectivity index (χ2v) is 7.22. The first-order valence-electron chi connectivity index (χ1n) is 8.96. The maximum atomic E-state index is 12.6. The van der Waals surface area contributed by atoms with Gasteiger partial charge in [-0.3, -0.25) is 14.8 Å². The summed E-state index contributed by atoms with van der Waals surface area (Å²) in [6.45, 7) is 0.731. The predicted octanol–water partition coefficient (Wildman–Crippen LogP) is 2.59. The molecule has 1 heterocycles. The molecule has 0 radical (unpaired) electrons. The van der Waals surface area contributed by atoms with Gasteiger partial charge in [-0.2, -0.15) is 10.3 Å². The zero-order valence-corrected chi connectivity index (χ0v) is 14.7. The lowest BCUT2D eigenvalue weighted by Gasteiger charge is -2.32. The summed E-state index contributed by atoms with van der Waals surface area (Å²) in [6.07, 6.45) is 3.07. The molecule has 1 spiro atoms. The molecule has 1 saturated heterocycles. The first-order valence-corrected chi connectivity index (χ1v) is 8.96. The van der Waals surface area contributed by atoms with Gasteiger partial charge in [0, 0.05) is 12.1 Å². The lowest BCUT2D eigenvalue weighted by atomic mass is 9.70. The molecule has 0 aromatic heterocycles. The second-order valence-electron chi connectivity index (χ2n) is 7.22. The normalized spacial score (nSPS) is 20.7. The molecule has 136 valence electrons. The molecule has 6 heteroatoms. The number of rotatable bonds is 2. The van der Waals surface area contributed by atoms with Gasteiger partial charge in [-0.15, -0.1) is 0 Å². The van der Waals surface area contributed by atoms with Crippen LogP contribution in [0.25, 0.3) is 0 Å². The highest BCUT2D eigenvalue weighted by Gasteiger charge is 2.44. The van der Waals surface area contributed by atoms with Crippen LogP contribution >= 0.6 is 0 Å². The number of nitriles is 1. The van der Waals surface area contributed by atoms with Crippen molar-refractivity contribution in [3.05, 3.63) is 64.7 Å². The molecule has 6 nitrogen and oxygen atoms in total. The molecule has 1 fully saturated rings. The summed E-state index contributed by atoms with van der Waals surface area (Å²) in [5, 5.41) is 22.6. The summed E-state index contributed by atoms with van der Waals surface area (Å²) in [5.74, 6) is -0.392. The second kappa shape index (κ2) is 6.53. The summed E-state index contributed by atoms with van der Waals surface area (Å²) in [7, 11) is 0. The van der Waals surface area contributed by atoms with Gasteiger partial charge in [0.05, 0.1) is 22.7 Å². The van der Waals surface area contributed by atoms with Gasteiger partial charge < -0.3 is 5.32 Å². The van der Waals surface area contributed by atoms with E-state index in [0.717, 1.165) is 36.9 Å². The molecule has 1 aliphatic heterocycles. The molecule has 1 atom stereocenters. The van der Waals surface area contributed by atoms with Crippen molar-refractivity contribution in [2.24, 2.45) is 5.41 Å². The van der Waals surface area contributed by atoms with Gasteiger partial charge in [0.15, 0.2) is 0 Å². The van der Waals surface area contributed by atoms with E-state index in [0.29, 0.717) is 28.3 Å². The molecule has 2 aromatic rings. The van der Waals surface area contributed by atoms with Gasteiger partial charge in [-0.05, 0) is 73.2 Å². The van der Waals surface area contributed by atoms with Gasteiger partial charge in [0.25, 0.3) is 5.91 Å². The molecule has 2 aromatic carbocycles. The zero-order valence-electron chi connectivity index (χ0n) is 14.7. The highest BCUT2D eigenvalue weighted by molar-refractivity contribution is 6.04. The van der Waals surface area contributed by atoms with E-state index in [2.05, 4.69) is 5.32 Å². The molecule has 0 bridgehead atoms. The van der Waals surface area contributed by atoms with Gasteiger partial charge >= 0.3 is 0 Å². The lowest BCUT2D eigenvalue weighted by molar-refractivity contribution is -0.128. The SMILES string of the molecule is N#Cc1ccc(N(O)C(=O)c2ccc3c(c2)CC[C@@]2(CCNC2=O)C3)cc1. The Balaban J connectivity index is 1.56. The number of benzene rings is 2. The van der Waals surface area contributed by atoms with Crippen LogP contribution < -0.4 is 10.4 Å². The Morgan fingerprint density at radius 1 is 1.15 bits per heavy atom. The van der Waals surface area contributed by atoms with Crippen molar-refractivity contribution in [1.29, 1.82) is 5.26 Å². The van der Waals surface area contributed by atoms with E-state index in [-0.39, 0.29) is 11.3 Å². The van der Waals surface area contributed by atoms with Gasteiger partial charge in [0.1, 0.15) is 0 Å². The summed E-state index contributed by atoms with van der Waals surface area (Å²) < 4.78 is 0. The van der Waals surface area contributed by atoms with Crippen molar-refractivity contribution >= 4 is 17.5 Å². The average Bonchev–Trinajstić information content (AvgIpc) is 3.06.